The Labute approximate surface area is 518 Å². The number of para-hydroxylation sites is 3. The van der Waals surface area contributed by atoms with Crippen LogP contribution in [-0.2, 0) is 21.7 Å². The normalized spacial score (nSPS) is 13.1. The largest absolute Gasteiger partial charge is 0.311 e. The van der Waals surface area contributed by atoms with Gasteiger partial charge >= 0.3 is 0 Å². The Morgan fingerprint density at radius 1 is 0.352 bits per heavy atom. The molecule has 2 aliphatic heterocycles. The third kappa shape index (κ3) is 9.65. The summed E-state index contributed by atoms with van der Waals surface area (Å²) in [5.41, 5.74) is 23.7. The second-order valence-corrected chi connectivity index (χ2v) is 28.2. The average Bonchev–Trinajstić information content (AvgIpc) is 0.782. The monoisotopic (exact) mass is 1140 g/mol. The fourth-order valence-corrected chi connectivity index (χ4v) is 13.2. The molecule has 0 atom stereocenters. The highest BCUT2D eigenvalue weighted by atomic mass is 15.2. The molecule has 14 rings (SSSR count). The zero-order valence-electron chi connectivity index (χ0n) is 52.5. The number of fused-ring (bicyclic) bond motifs is 7. The molecule has 0 saturated heterocycles. The Morgan fingerprint density at radius 2 is 0.795 bits per heavy atom. The lowest BCUT2D eigenvalue weighted by Gasteiger charge is -2.45. The number of nitriles is 1. The zero-order chi connectivity index (χ0) is 61.2. The third-order valence-corrected chi connectivity index (χ3v) is 18.0. The van der Waals surface area contributed by atoms with Gasteiger partial charge in [-0.3, -0.25) is 0 Å². The van der Waals surface area contributed by atoms with E-state index in [2.05, 4.69) is 243 Å². The van der Waals surface area contributed by atoms with Gasteiger partial charge < -0.3 is 14.4 Å². The molecule has 0 fully saturated rings. The molecule has 4 heterocycles. The van der Waals surface area contributed by atoms with Crippen molar-refractivity contribution in [2.75, 3.05) is 9.80 Å². The molecule has 0 amide bonds. The predicted octanol–water partition coefficient (Wildman–Crippen LogP) is 18.8. The summed E-state index contributed by atoms with van der Waals surface area (Å²) < 4.78 is 2.32. The molecule has 0 spiro atoms. The van der Waals surface area contributed by atoms with E-state index in [1.54, 1.807) is 0 Å². The van der Waals surface area contributed by atoms with Crippen LogP contribution >= 0.6 is 0 Å². The van der Waals surface area contributed by atoms with Crippen molar-refractivity contribution in [1.29, 1.82) is 5.26 Å². The number of aromatic nitrogens is 4. The Balaban J connectivity index is 1.04. The second-order valence-electron chi connectivity index (χ2n) is 28.2. The van der Waals surface area contributed by atoms with Crippen molar-refractivity contribution < 1.29 is 0 Å². The summed E-state index contributed by atoms with van der Waals surface area (Å²) in [6.07, 6.45) is 0. The molecule has 0 aliphatic carbocycles. The molecule has 0 radical (unpaired) electrons. The number of benzene rings is 10. The van der Waals surface area contributed by atoms with Gasteiger partial charge in [-0.1, -0.05) is 217 Å². The van der Waals surface area contributed by atoms with E-state index in [9.17, 15) is 5.26 Å². The van der Waals surface area contributed by atoms with Crippen LogP contribution in [0.4, 0.5) is 34.1 Å². The Morgan fingerprint density at radius 3 is 1.28 bits per heavy atom. The number of nitrogens with zero attached hydrogens (tertiary/aromatic N) is 7. The highest BCUT2D eigenvalue weighted by Crippen LogP contribution is 2.49. The van der Waals surface area contributed by atoms with Gasteiger partial charge in [0.1, 0.15) is 0 Å². The maximum absolute atomic E-state index is 10.5. The molecule has 2 aromatic heterocycles. The lowest BCUT2D eigenvalue weighted by molar-refractivity contribution is 0.568. The van der Waals surface area contributed by atoms with Crippen LogP contribution < -0.4 is 26.2 Å². The lowest BCUT2D eigenvalue weighted by Crippen LogP contribution is -2.61. The van der Waals surface area contributed by atoms with E-state index in [1.807, 2.05) is 78.9 Å². The molecule has 2 aliphatic rings. The molecule has 0 N–H and O–H groups in total. The highest BCUT2D eigenvalue weighted by molar-refractivity contribution is 7.00. The van der Waals surface area contributed by atoms with Gasteiger partial charge in [0.05, 0.1) is 28.4 Å². The minimum atomic E-state index is -0.109. The summed E-state index contributed by atoms with van der Waals surface area (Å²) in [7, 11) is 0. The standard InChI is InChI=1S/C80H72BN7/c1-77(2,3)55-43-56(78(4,5)6)46-59(45-55)86-69-33-23-20-30-64(69)81-65-31-21-24-34-70(65)87(60-47-57(79(7,8)9)44-58(48-60)80(10,11)12)72-42-54(41-71(86)73(72)81)53-36-38-67-62(40-53)61-29-19-22-32-66(61)88(67)68-37-35-50(49-82)39-63(68)76-84-74(51-25-15-13-16-26-51)83-75(85-76)52-27-17-14-18-28-52/h13-48H,1-12H3. The van der Waals surface area contributed by atoms with Gasteiger partial charge in [-0.15, -0.1) is 0 Å². The zero-order valence-corrected chi connectivity index (χ0v) is 52.5. The fraction of sp³-hybridized carbons (Fsp3) is 0.200. The van der Waals surface area contributed by atoms with Crippen molar-refractivity contribution in [3.63, 3.8) is 0 Å². The van der Waals surface area contributed by atoms with Crippen molar-refractivity contribution in [2.24, 2.45) is 0 Å². The Bertz CT molecular complexity index is 4540. The van der Waals surface area contributed by atoms with E-state index in [-0.39, 0.29) is 28.4 Å². The minimum absolute atomic E-state index is 0.0429. The number of hydrogen-bond donors (Lipinski definition) is 0. The van der Waals surface area contributed by atoms with Crippen molar-refractivity contribution in [3.8, 4) is 57.0 Å². The van der Waals surface area contributed by atoms with E-state index >= 15 is 0 Å². The topological polar surface area (TPSA) is 73.9 Å². The van der Waals surface area contributed by atoms with E-state index in [0.717, 1.165) is 78.1 Å². The summed E-state index contributed by atoms with van der Waals surface area (Å²) in [5, 5.41) is 12.7. The minimum Gasteiger partial charge on any atom is -0.311 e. The molecule has 430 valence electrons. The molecule has 7 nitrogen and oxygen atoms in total. The summed E-state index contributed by atoms with van der Waals surface area (Å²) >= 11 is 0. The molecule has 0 saturated carbocycles. The first-order valence-corrected chi connectivity index (χ1v) is 30.8. The number of rotatable bonds is 7. The predicted molar refractivity (Wildman–Crippen MR) is 369 cm³/mol. The van der Waals surface area contributed by atoms with Crippen LogP contribution in [0.2, 0.25) is 0 Å². The van der Waals surface area contributed by atoms with Gasteiger partial charge in [0.15, 0.2) is 17.5 Å². The van der Waals surface area contributed by atoms with E-state index in [1.165, 1.54) is 50.0 Å². The Hall–Kier alpha value is -9.84. The smallest absolute Gasteiger partial charge is 0.252 e. The first-order valence-electron chi connectivity index (χ1n) is 30.8. The van der Waals surface area contributed by atoms with Crippen LogP contribution in [0, 0.1) is 11.3 Å². The highest BCUT2D eigenvalue weighted by Gasteiger charge is 2.44. The first kappa shape index (κ1) is 56.0. The van der Waals surface area contributed by atoms with Crippen molar-refractivity contribution in [1.82, 2.24) is 19.5 Å². The molecule has 10 aromatic carbocycles. The van der Waals surface area contributed by atoms with Crippen molar-refractivity contribution in [2.45, 2.75) is 105 Å². The maximum Gasteiger partial charge on any atom is 0.252 e. The van der Waals surface area contributed by atoms with Gasteiger partial charge in [0.2, 0.25) is 0 Å². The quantitative estimate of drug-likeness (QED) is 0.148. The first-order chi connectivity index (χ1) is 42.1. The lowest BCUT2D eigenvalue weighted by atomic mass is 9.33. The van der Waals surface area contributed by atoms with Crippen LogP contribution in [0.3, 0.4) is 0 Å². The summed E-state index contributed by atoms with van der Waals surface area (Å²) in [6, 6.07) is 81.9. The molecular formula is C80H72BN7. The molecular weight excluding hydrogens is 1070 g/mol. The van der Waals surface area contributed by atoms with Crippen molar-refractivity contribution >= 4 is 79.0 Å². The summed E-state index contributed by atoms with van der Waals surface area (Å²) in [6.45, 7) is 27.9. The van der Waals surface area contributed by atoms with Gasteiger partial charge in [-0.2, -0.15) is 5.26 Å². The third-order valence-electron chi connectivity index (χ3n) is 18.0. The second kappa shape index (κ2) is 20.7. The maximum atomic E-state index is 10.5. The molecule has 12 aromatic rings. The van der Waals surface area contributed by atoms with Crippen molar-refractivity contribution in [3.05, 3.63) is 246 Å². The van der Waals surface area contributed by atoms with Crippen LogP contribution in [-0.4, -0.2) is 26.2 Å². The number of hydrogen-bond acceptors (Lipinski definition) is 6. The van der Waals surface area contributed by atoms with Crippen LogP contribution in [0.15, 0.2) is 218 Å². The van der Waals surface area contributed by atoms with Gasteiger partial charge in [-0.25, -0.2) is 15.0 Å². The SMILES string of the molecule is CC(C)(C)c1cc(N2c3ccccc3B3c4ccccc4N(c4cc(C(C)(C)C)cc(C(C)(C)C)c4)c4cc(-c5ccc6c(c5)c5ccccc5n6-c5ccc(C#N)cc5-c5nc(-c6ccccc6)nc(-c6ccccc6)n5)cc2c43)cc(C(C)(C)C)c1. The van der Waals surface area contributed by atoms with Gasteiger partial charge in [0, 0.05) is 61.6 Å². The average molecular weight is 1140 g/mol. The summed E-state index contributed by atoms with van der Waals surface area (Å²) in [5.74, 6) is 1.58. The van der Waals surface area contributed by atoms with E-state index < -0.39 is 0 Å². The molecule has 8 heteroatoms. The Kier molecular flexibility index (Phi) is 13.2. The van der Waals surface area contributed by atoms with Gasteiger partial charge in [0.25, 0.3) is 6.71 Å². The van der Waals surface area contributed by atoms with E-state index in [4.69, 9.17) is 15.0 Å². The van der Waals surface area contributed by atoms with Gasteiger partial charge in [-0.05, 0) is 156 Å². The molecule has 0 unspecified atom stereocenters. The van der Waals surface area contributed by atoms with Crippen LogP contribution in [0.1, 0.15) is 111 Å². The molecule has 0 bridgehead atoms. The van der Waals surface area contributed by atoms with Crippen LogP contribution in [0.5, 0.6) is 0 Å². The summed E-state index contributed by atoms with van der Waals surface area (Å²) in [4.78, 5) is 20.6. The van der Waals surface area contributed by atoms with E-state index in [0.29, 0.717) is 23.0 Å². The number of anilines is 6. The molecule has 88 heavy (non-hydrogen) atoms. The van der Waals surface area contributed by atoms with Crippen LogP contribution in [0.25, 0.3) is 72.8 Å². The fourth-order valence-electron chi connectivity index (χ4n) is 13.2.